The van der Waals surface area contributed by atoms with Crippen molar-refractivity contribution in [2.75, 3.05) is 33.4 Å². The Hall–Kier alpha value is -1.88. The van der Waals surface area contributed by atoms with Crippen LogP contribution < -0.4 is 5.32 Å². The molecule has 2 atom stereocenters. The fraction of sp³-hybridized carbons (Fsp3) is 0.529. The molecule has 1 aliphatic rings. The lowest BCUT2D eigenvalue weighted by Gasteiger charge is -2.19. The molecule has 1 aliphatic heterocycles. The number of likely N-dealkylation sites (tertiary alicyclic amines) is 1. The Morgan fingerprint density at radius 3 is 2.68 bits per heavy atom. The molecule has 0 spiro atoms. The fourth-order valence-corrected chi connectivity index (χ4v) is 3.05. The molecule has 22 heavy (non-hydrogen) atoms. The van der Waals surface area contributed by atoms with E-state index in [1.807, 2.05) is 25.1 Å². The summed E-state index contributed by atoms with van der Waals surface area (Å²) in [6.07, 6.45) is 0. The molecule has 2 amide bonds. The highest BCUT2D eigenvalue weighted by atomic mass is 16.5. The predicted octanol–water partition coefficient (Wildman–Crippen LogP) is 1.32. The van der Waals surface area contributed by atoms with Crippen LogP contribution in [-0.2, 0) is 14.3 Å². The first-order valence-electron chi connectivity index (χ1n) is 7.62. The summed E-state index contributed by atoms with van der Waals surface area (Å²) in [5.41, 5.74) is 2.31. The van der Waals surface area contributed by atoms with Crippen LogP contribution in [0.25, 0.3) is 0 Å². The Morgan fingerprint density at radius 1 is 1.32 bits per heavy atom. The van der Waals surface area contributed by atoms with Crippen LogP contribution in [-0.4, -0.2) is 50.1 Å². The number of amides is 2. The van der Waals surface area contributed by atoms with E-state index in [4.69, 9.17) is 4.74 Å². The Balaban J connectivity index is 2.18. The van der Waals surface area contributed by atoms with E-state index >= 15 is 0 Å². The van der Waals surface area contributed by atoms with Crippen LogP contribution in [0.3, 0.4) is 0 Å². The lowest BCUT2D eigenvalue weighted by Crippen LogP contribution is -2.36. The van der Waals surface area contributed by atoms with Crippen molar-refractivity contribution in [3.63, 3.8) is 0 Å². The van der Waals surface area contributed by atoms with Crippen molar-refractivity contribution in [2.45, 2.75) is 19.8 Å². The monoisotopic (exact) mass is 304 g/mol. The first-order valence-corrected chi connectivity index (χ1v) is 7.62. The third-order valence-electron chi connectivity index (χ3n) is 4.30. The van der Waals surface area contributed by atoms with Crippen molar-refractivity contribution >= 4 is 11.8 Å². The third-order valence-corrected chi connectivity index (χ3v) is 4.30. The van der Waals surface area contributed by atoms with E-state index in [2.05, 4.69) is 11.4 Å². The number of ether oxygens (including phenoxy) is 1. The second-order valence-corrected chi connectivity index (χ2v) is 5.78. The SMILES string of the molecule is COCCNC(=O)C1CN(C(C)=O)CC1c1ccccc1C. The van der Waals surface area contributed by atoms with Crippen LogP contribution in [0.4, 0.5) is 0 Å². The zero-order valence-corrected chi connectivity index (χ0v) is 13.5. The molecule has 2 unspecified atom stereocenters. The molecule has 2 rings (SSSR count). The van der Waals surface area contributed by atoms with Gasteiger partial charge in [0.05, 0.1) is 12.5 Å². The molecule has 0 radical (unpaired) electrons. The van der Waals surface area contributed by atoms with Gasteiger partial charge in [-0.2, -0.15) is 0 Å². The summed E-state index contributed by atoms with van der Waals surface area (Å²) in [4.78, 5) is 26.0. The summed E-state index contributed by atoms with van der Waals surface area (Å²) in [6.45, 7) is 5.66. The van der Waals surface area contributed by atoms with E-state index in [9.17, 15) is 9.59 Å². The molecule has 0 bridgehead atoms. The molecule has 0 aromatic heterocycles. The summed E-state index contributed by atoms with van der Waals surface area (Å²) in [6, 6.07) is 8.08. The Labute approximate surface area is 131 Å². The van der Waals surface area contributed by atoms with Crippen molar-refractivity contribution in [3.05, 3.63) is 35.4 Å². The highest BCUT2D eigenvalue weighted by molar-refractivity contribution is 5.82. The summed E-state index contributed by atoms with van der Waals surface area (Å²) < 4.78 is 4.97. The zero-order chi connectivity index (χ0) is 16.1. The number of hydrogen-bond donors (Lipinski definition) is 1. The summed E-state index contributed by atoms with van der Waals surface area (Å²) in [7, 11) is 1.61. The number of carbonyl (C=O) groups excluding carboxylic acids is 2. The van der Waals surface area contributed by atoms with Gasteiger partial charge in [0.25, 0.3) is 0 Å². The molecule has 0 aliphatic carbocycles. The quantitative estimate of drug-likeness (QED) is 0.835. The molecule has 120 valence electrons. The Morgan fingerprint density at radius 2 is 2.05 bits per heavy atom. The van der Waals surface area contributed by atoms with Gasteiger partial charge in [0.2, 0.25) is 11.8 Å². The van der Waals surface area contributed by atoms with E-state index in [1.54, 1.807) is 18.9 Å². The third kappa shape index (κ3) is 3.65. The molecular formula is C17H24N2O3. The van der Waals surface area contributed by atoms with Gasteiger partial charge in [-0.05, 0) is 18.1 Å². The number of nitrogens with one attached hydrogen (secondary N) is 1. The summed E-state index contributed by atoms with van der Waals surface area (Å²) in [5, 5.41) is 2.90. The van der Waals surface area contributed by atoms with E-state index in [1.165, 1.54) is 0 Å². The topological polar surface area (TPSA) is 58.6 Å². The van der Waals surface area contributed by atoms with Gasteiger partial charge in [-0.15, -0.1) is 0 Å². The zero-order valence-electron chi connectivity index (χ0n) is 13.5. The number of methoxy groups -OCH3 is 1. The minimum atomic E-state index is -0.207. The smallest absolute Gasteiger partial charge is 0.225 e. The van der Waals surface area contributed by atoms with Crippen molar-refractivity contribution in [1.29, 1.82) is 0 Å². The predicted molar refractivity (Wildman–Crippen MR) is 84.5 cm³/mol. The van der Waals surface area contributed by atoms with Gasteiger partial charge < -0.3 is 15.0 Å². The van der Waals surface area contributed by atoms with Crippen LogP contribution >= 0.6 is 0 Å². The minimum absolute atomic E-state index is 0.00551. The number of benzene rings is 1. The molecule has 1 fully saturated rings. The highest BCUT2D eigenvalue weighted by Crippen LogP contribution is 2.34. The number of hydrogen-bond acceptors (Lipinski definition) is 3. The molecule has 5 nitrogen and oxygen atoms in total. The minimum Gasteiger partial charge on any atom is -0.383 e. The van der Waals surface area contributed by atoms with Gasteiger partial charge in [0, 0.05) is 39.6 Å². The number of nitrogens with zero attached hydrogens (tertiary/aromatic N) is 1. The van der Waals surface area contributed by atoms with Crippen molar-refractivity contribution < 1.29 is 14.3 Å². The van der Waals surface area contributed by atoms with E-state index < -0.39 is 0 Å². The number of rotatable bonds is 5. The second-order valence-electron chi connectivity index (χ2n) is 5.78. The largest absolute Gasteiger partial charge is 0.383 e. The maximum absolute atomic E-state index is 12.5. The molecule has 1 saturated heterocycles. The van der Waals surface area contributed by atoms with Gasteiger partial charge in [-0.1, -0.05) is 24.3 Å². The maximum atomic E-state index is 12.5. The number of aryl methyl sites for hydroxylation is 1. The van der Waals surface area contributed by atoms with E-state index in [0.29, 0.717) is 26.2 Å². The van der Waals surface area contributed by atoms with Gasteiger partial charge >= 0.3 is 0 Å². The fourth-order valence-electron chi connectivity index (χ4n) is 3.05. The van der Waals surface area contributed by atoms with Crippen molar-refractivity contribution in [1.82, 2.24) is 10.2 Å². The van der Waals surface area contributed by atoms with E-state index in [-0.39, 0.29) is 23.7 Å². The van der Waals surface area contributed by atoms with Gasteiger partial charge in [-0.3, -0.25) is 9.59 Å². The van der Waals surface area contributed by atoms with E-state index in [0.717, 1.165) is 11.1 Å². The molecule has 0 saturated carbocycles. The summed E-state index contributed by atoms with van der Waals surface area (Å²) >= 11 is 0. The standard InChI is InChI=1S/C17H24N2O3/c1-12-6-4-5-7-14(12)15-10-19(13(2)20)11-16(15)17(21)18-8-9-22-3/h4-7,15-16H,8-11H2,1-3H3,(H,18,21). The molecular weight excluding hydrogens is 280 g/mol. The molecule has 1 aromatic rings. The highest BCUT2D eigenvalue weighted by Gasteiger charge is 2.39. The summed E-state index contributed by atoms with van der Waals surface area (Å²) in [5.74, 6) is -0.144. The Bertz CT molecular complexity index is 544. The van der Waals surface area contributed by atoms with Crippen LogP contribution in [0.5, 0.6) is 0 Å². The molecule has 1 aromatic carbocycles. The first-order chi connectivity index (χ1) is 10.5. The number of carbonyl (C=O) groups is 2. The normalized spacial score (nSPS) is 21.0. The Kier molecular flexibility index (Phi) is 5.55. The lowest BCUT2D eigenvalue weighted by molar-refractivity contribution is -0.128. The van der Waals surface area contributed by atoms with Crippen molar-refractivity contribution in [2.24, 2.45) is 5.92 Å². The van der Waals surface area contributed by atoms with Crippen LogP contribution in [0.2, 0.25) is 0 Å². The molecule has 1 N–H and O–H groups in total. The maximum Gasteiger partial charge on any atom is 0.225 e. The average molecular weight is 304 g/mol. The van der Waals surface area contributed by atoms with Crippen LogP contribution in [0, 0.1) is 12.8 Å². The van der Waals surface area contributed by atoms with Gasteiger partial charge in [0.15, 0.2) is 0 Å². The van der Waals surface area contributed by atoms with Gasteiger partial charge in [0.1, 0.15) is 0 Å². The molecule has 1 heterocycles. The average Bonchev–Trinajstić information content (AvgIpc) is 2.93. The second kappa shape index (κ2) is 7.40. The molecule has 5 heteroatoms. The van der Waals surface area contributed by atoms with Crippen LogP contribution in [0.1, 0.15) is 24.0 Å². The van der Waals surface area contributed by atoms with Gasteiger partial charge in [-0.25, -0.2) is 0 Å². The lowest BCUT2D eigenvalue weighted by atomic mass is 9.86. The van der Waals surface area contributed by atoms with Crippen molar-refractivity contribution in [3.8, 4) is 0 Å². The van der Waals surface area contributed by atoms with Crippen LogP contribution in [0.15, 0.2) is 24.3 Å². The first kappa shape index (κ1) is 16.5.